The molecule has 30 heteroatoms. The first-order valence-electron chi connectivity index (χ1n) is 42.9. The molecule has 0 aliphatic heterocycles. The Bertz CT molecular complexity index is 6560. The number of hydrogen-bond donors (Lipinski definition) is 6. The summed E-state index contributed by atoms with van der Waals surface area (Å²) in [5.41, 5.74) is 45.3. The standard InChI is InChI=1S/C26H28N4O4.C25H26N4O4.C24H27N5O2.C22H28N4O3.CH4/c1-4-5-11-21-29-22-23(19-13-12-18(25(31)33-3)14-20(19)28-24(22)27)30(21)15-16(2)34-26(32)17-9-7-6-8-10-17;1-3-4-5-20-28-21-22(29(20)13-12-15-6-8-16(9-7-15)24(30)31)18-11-10-17(25(32)33-2)14-19(18)27-23(21)26;1-3-4-5-20-28-21-22(29(20)14-16-8-6-15(13-25)7-9-16)18-11-10-17(24(30)31-2)12-19(18)27-23(21)26;1-4-5-9-18-25-19-20(26(18)12-7-6-8-14(2)27)16-11-10-15(22(28)29-3)13-17(16)24-21(19)23;/h6-10,12-14,16H,4-5,11,15H2,1-3H3,(H2,27,28);6-11,14H,3-5,12-13H2,1-2H3,(H2,26,27)(H,30,31);6-12H,3-5,13-14,25H2,1-2H3,(H2,26,27);10-11,13H,4-9,12H2,1-3H3,(H2,23,24);1H4. The van der Waals surface area contributed by atoms with E-state index in [1.807, 2.05) is 49.4 Å². The van der Waals surface area contributed by atoms with Gasteiger partial charge in [-0.3, -0.25) is 0 Å². The van der Waals surface area contributed by atoms with E-state index in [0.29, 0.717) is 128 Å². The highest BCUT2D eigenvalue weighted by Crippen LogP contribution is 2.37. The van der Waals surface area contributed by atoms with Gasteiger partial charge in [0.05, 0.1) is 112 Å². The molecule has 15 aromatic rings. The van der Waals surface area contributed by atoms with E-state index in [0.717, 1.165) is 180 Å². The number of nitrogen functional groups attached to an aromatic ring is 4. The summed E-state index contributed by atoms with van der Waals surface area (Å²) in [6.07, 6.45) is 14.1. The number of esters is 5. The van der Waals surface area contributed by atoms with E-state index in [4.69, 9.17) is 77.4 Å². The largest absolute Gasteiger partial charge is 0.478 e. The molecule has 8 heterocycles. The van der Waals surface area contributed by atoms with E-state index in [2.05, 4.69) is 90.2 Å². The van der Waals surface area contributed by atoms with Crippen LogP contribution in [-0.4, -0.2) is 139 Å². The number of rotatable bonds is 32. The highest BCUT2D eigenvalue weighted by Gasteiger charge is 2.26. The number of methoxy groups -OCH3 is 4. The van der Waals surface area contributed by atoms with Crippen molar-refractivity contribution in [3.63, 3.8) is 0 Å². The Morgan fingerprint density at radius 3 is 1.07 bits per heavy atom. The van der Waals surface area contributed by atoms with E-state index < -0.39 is 36.0 Å². The van der Waals surface area contributed by atoms with E-state index in [1.54, 1.807) is 91.9 Å². The molecular weight excluding hydrogens is 1620 g/mol. The highest BCUT2D eigenvalue weighted by molar-refractivity contribution is 6.12. The summed E-state index contributed by atoms with van der Waals surface area (Å²) >= 11 is 0. The molecule has 0 saturated carbocycles. The van der Waals surface area contributed by atoms with Crippen LogP contribution in [-0.2, 0) is 93.3 Å². The Kier molecular flexibility index (Phi) is 32.1. The minimum Gasteiger partial charge on any atom is -0.478 e. The molecule has 0 fully saturated rings. The Morgan fingerprint density at radius 2 is 0.711 bits per heavy atom. The molecule has 668 valence electrons. The number of fused-ring (bicyclic) bond motifs is 12. The van der Waals surface area contributed by atoms with Crippen LogP contribution in [0, 0.1) is 0 Å². The SMILES string of the molecule is C.CCCCc1nc2c(N)nc3cc(C(=O)OC)ccc3c2n1CC(C)OC(=O)c1ccccc1.CCCCc1nc2c(N)nc3cc(C(=O)OC)ccc3c2n1CCCCC(C)=O.CCCCc1nc2c(N)nc3cc(C(=O)OC)ccc3c2n1CCc1ccc(C(=O)O)cc1.CCCCc1nc2c(N)nc3cc(C(=O)OC)ccc3c2n1Cc1ccc(CN)cc1. The number of aryl methyl sites for hydroxylation is 7. The number of carboxylic acid groups (broad SMARTS) is 1. The number of imidazole rings is 4. The number of carboxylic acids is 1. The number of anilines is 4. The van der Waals surface area contributed by atoms with Gasteiger partial charge in [-0.05, 0) is 173 Å². The van der Waals surface area contributed by atoms with Gasteiger partial charge >= 0.3 is 35.8 Å². The van der Waals surface area contributed by atoms with Crippen LogP contribution < -0.4 is 28.7 Å². The molecule has 7 aromatic carbocycles. The number of hydrogen-bond acceptors (Lipinski definition) is 25. The first kappa shape index (κ1) is 94.4. The maximum Gasteiger partial charge on any atom is 0.338 e. The molecule has 11 N–H and O–H groups in total. The summed E-state index contributed by atoms with van der Waals surface area (Å²) < 4.78 is 33.7. The summed E-state index contributed by atoms with van der Waals surface area (Å²) in [7, 11) is 5.40. The number of aromatic carboxylic acids is 1. The summed E-state index contributed by atoms with van der Waals surface area (Å²) in [4.78, 5) is 120. The zero-order valence-electron chi connectivity index (χ0n) is 73.5. The maximum atomic E-state index is 12.6. The highest BCUT2D eigenvalue weighted by atomic mass is 16.5. The van der Waals surface area contributed by atoms with Crippen molar-refractivity contribution in [3.05, 3.63) is 225 Å². The molecule has 15 rings (SSSR count). The summed E-state index contributed by atoms with van der Waals surface area (Å²) in [5, 5.41) is 12.6. The van der Waals surface area contributed by atoms with Crippen LogP contribution in [0.15, 0.2) is 152 Å². The molecule has 0 saturated heterocycles. The van der Waals surface area contributed by atoms with Gasteiger partial charge in [0, 0.05) is 79.8 Å². The Morgan fingerprint density at radius 1 is 0.375 bits per heavy atom. The fourth-order valence-electron chi connectivity index (χ4n) is 15.5. The van der Waals surface area contributed by atoms with Crippen LogP contribution in [0.1, 0.15) is 222 Å². The number of ketones is 1. The maximum absolute atomic E-state index is 12.6. The fraction of sp³-hybridized carbons (Fsp3) is 0.337. The van der Waals surface area contributed by atoms with Crippen molar-refractivity contribution < 1.29 is 62.4 Å². The summed E-state index contributed by atoms with van der Waals surface area (Å²) in [5.74, 6) is 2.30. The van der Waals surface area contributed by atoms with Crippen molar-refractivity contribution >= 4 is 153 Å². The zero-order valence-corrected chi connectivity index (χ0v) is 73.5. The van der Waals surface area contributed by atoms with Crippen LogP contribution in [0.5, 0.6) is 0 Å². The Labute approximate surface area is 741 Å². The minimum atomic E-state index is -0.940. The summed E-state index contributed by atoms with van der Waals surface area (Å²) in [6.45, 7) is 15.1. The zero-order chi connectivity index (χ0) is 90.7. The first-order valence-corrected chi connectivity index (χ1v) is 42.9. The number of aromatic nitrogens is 12. The van der Waals surface area contributed by atoms with Gasteiger partial charge in [0.25, 0.3) is 0 Å². The predicted molar refractivity (Wildman–Crippen MR) is 501 cm³/mol. The molecule has 0 aliphatic rings. The molecule has 128 heavy (non-hydrogen) atoms. The van der Waals surface area contributed by atoms with Crippen LogP contribution in [0.2, 0.25) is 0 Å². The second kappa shape index (κ2) is 43.6. The van der Waals surface area contributed by atoms with Crippen molar-refractivity contribution in [1.82, 2.24) is 58.1 Å². The van der Waals surface area contributed by atoms with Gasteiger partial charge in [0.2, 0.25) is 0 Å². The Balaban J connectivity index is 0.000000165. The van der Waals surface area contributed by atoms with Gasteiger partial charge in [-0.25, -0.2) is 68.6 Å². The number of carbonyl (C=O) groups excluding carboxylic acids is 6. The van der Waals surface area contributed by atoms with Gasteiger partial charge in [-0.15, -0.1) is 0 Å². The number of ether oxygens (including phenoxy) is 5. The van der Waals surface area contributed by atoms with Crippen molar-refractivity contribution in [2.45, 2.75) is 191 Å². The van der Waals surface area contributed by atoms with E-state index in [1.165, 1.54) is 28.4 Å². The molecule has 30 nitrogen and oxygen atoms in total. The third kappa shape index (κ3) is 21.6. The van der Waals surface area contributed by atoms with Gasteiger partial charge < -0.3 is 80.5 Å². The molecular formula is C98H113N17O13. The predicted octanol–water partition coefficient (Wildman–Crippen LogP) is 17.3. The number of Topliss-reactive ketones (excluding diaryl/α,β-unsaturated/α-hetero) is 1. The summed E-state index contributed by atoms with van der Waals surface area (Å²) in [6, 6.07) is 45.3. The van der Waals surface area contributed by atoms with Crippen LogP contribution >= 0.6 is 0 Å². The third-order valence-corrected chi connectivity index (χ3v) is 22.2. The van der Waals surface area contributed by atoms with E-state index in [9.17, 15) is 33.6 Å². The molecule has 1 atom stereocenters. The molecule has 0 bridgehead atoms. The number of pyridine rings is 4. The van der Waals surface area contributed by atoms with Crippen LogP contribution in [0.25, 0.3) is 87.7 Å². The van der Waals surface area contributed by atoms with Crippen molar-refractivity contribution in [2.75, 3.05) is 51.4 Å². The lowest BCUT2D eigenvalue weighted by Crippen LogP contribution is -2.22. The van der Waals surface area contributed by atoms with Crippen LogP contribution in [0.4, 0.5) is 23.3 Å². The van der Waals surface area contributed by atoms with Gasteiger partial charge in [0.1, 0.15) is 57.3 Å². The number of carbonyl (C=O) groups is 7. The quantitative estimate of drug-likeness (QED) is 0.0130. The van der Waals surface area contributed by atoms with Crippen LogP contribution in [0.3, 0.4) is 0 Å². The molecule has 0 amide bonds. The fourth-order valence-corrected chi connectivity index (χ4v) is 15.5. The lowest BCUT2D eigenvalue weighted by Gasteiger charge is -2.17. The second-order valence-corrected chi connectivity index (χ2v) is 31.2. The minimum absolute atomic E-state index is 0. The van der Waals surface area contributed by atoms with Gasteiger partial charge in [-0.1, -0.05) is 115 Å². The molecule has 0 aliphatic carbocycles. The number of unbranched alkanes of at least 4 members (excludes halogenated alkanes) is 5. The smallest absolute Gasteiger partial charge is 0.338 e. The monoisotopic (exact) mass is 1740 g/mol. The van der Waals surface area contributed by atoms with Crippen molar-refractivity contribution in [2.24, 2.45) is 5.73 Å². The normalized spacial score (nSPS) is 11.4. The lowest BCUT2D eigenvalue weighted by molar-refractivity contribution is -0.117. The first-order chi connectivity index (χ1) is 61.4. The average Bonchev–Trinajstić information content (AvgIpc) is 1.60. The number of benzene rings is 7. The second-order valence-electron chi connectivity index (χ2n) is 31.2. The lowest BCUT2D eigenvalue weighted by atomic mass is 10.1. The van der Waals surface area contributed by atoms with Crippen molar-refractivity contribution in [3.8, 4) is 0 Å². The van der Waals surface area contributed by atoms with Crippen molar-refractivity contribution in [1.29, 1.82) is 0 Å². The molecule has 0 radical (unpaired) electrons. The van der Waals surface area contributed by atoms with E-state index >= 15 is 0 Å². The Hall–Kier alpha value is -14.3. The third-order valence-electron chi connectivity index (χ3n) is 22.2. The van der Waals surface area contributed by atoms with E-state index in [-0.39, 0.29) is 30.6 Å². The molecule has 8 aromatic heterocycles. The molecule has 1 unspecified atom stereocenters. The van der Waals surface area contributed by atoms with Gasteiger partial charge in [0.15, 0.2) is 23.3 Å². The topological polar surface area (TPSA) is 439 Å². The molecule has 0 spiro atoms. The van der Waals surface area contributed by atoms with Gasteiger partial charge in [-0.2, -0.15) is 0 Å². The average molecular weight is 1740 g/mol. The number of nitrogens with two attached hydrogens (primary N) is 5. The number of nitrogens with zero attached hydrogens (tertiary/aromatic N) is 12.